The van der Waals surface area contributed by atoms with Crippen LogP contribution in [0.5, 0.6) is 0 Å². The quantitative estimate of drug-likeness (QED) is 0.641. The third kappa shape index (κ3) is 3.95. The van der Waals surface area contributed by atoms with Gasteiger partial charge < -0.3 is 0 Å². The summed E-state index contributed by atoms with van der Waals surface area (Å²) in [6, 6.07) is 10.8. The maximum atomic E-state index is 2.29. The van der Waals surface area contributed by atoms with Gasteiger partial charge in [-0.1, -0.05) is 65.0 Å². The molecule has 0 heterocycles. The smallest absolute Gasteiger partial charge is 0.0141 e. The Kier molecular flexibility index (Phi) is 7.18. The molecule has 1 rings (SSSR count). The molecule has 1 aromatic rings. The molecule has 0 aliphatic rings. The summed E-state index contributed by atoms with van der Waals surface area (Å²) >= 11 is 0. The summed E-state index contributed by atoms with van der Waals surface area (Å²) in [7, 11) is 0. The molecule has 0 spiro atoms. The number of benzene rings is 1. The van der Waals surface area contributed by atoms with Gasteiger partial charge in [0.15, 0.2) is 0 Å². The van der Waals surface area contributed by atoms with Crippen LogP contribution in [0, 0.1) is 5.92 Å². The second kappa shape index (κ2) is 7.61. The Morgan fingerprint density at radius 1 is 1.00 bits per heavy atom. The van der Waals surface area contributed by atoms with E-state index in [0.29, 0.717) is 0 Å². The number of hydrogen-bond donors (Lipinski definition) is 0. The van der Waals surface area contributed by atoms with Gasteiger partial charge in [-0.05, 0) is 23.8 Å². The van der Waals surface area contributed by atoms with Crippen LogP contribution in [0.25, 0.3) is 0 Å². The largest absolute Gasteiger partial charge is 0.0683 e. The van der Waals surface area contributed by atoms with E-state index in [0.717, 1.165) is 11.8 Å². The van der Waals surface area contributed by atoms with Gasteiger partial charge in [-0.25, -0.2) is 0 Å². The fourth-order valence-corrected chi connectivity index (χ4v) is 1.79. The van der Waals surface area contributed by atoms with Gasteiger partial charge in [-0.15, -0.1) is 0 Å². The lowest BCUT2D eigenvalue weighted by molar-refractivity contribution is 0.485. The summed E-state index contributed by atoms with van der Waals surface area (Å²) < 4.78 is 0. The molecule has 0 aliphatic heterocycles. The average Bonchev–Trinajstić information content (AvgIpc) is 2.23. The predicted molar refractivity (Wildman–Crippen MR) is 65.7 cm³/mol. The topological polar surface area (TPSA) is 0 Å². The second-order valence-electron chi connectivity index (χ2n) is 3.67. The first kappa shape index (κ1) is 13.2. The summed E-state index contributed by atoms with van der Waals surface area (Å²) in [5.41, 5.74) is 1.48. The van der Waals surface area contributed by atoms with Crippen molar-refractivity contribution in [2.75, 3.05) is 0 Å². The van der Waals surface area contributed by atoms with Crippen LogP contribution in [0.15, 0.2) is 30.3 Å². The third-order valence-electron chi connectivity index (χ3n) is 2.47. The van der Waals surface area contributed by atoms with Crippen molar-refractivity contribution < 1.29 is 0 Å². The van der Waals surface area contributed by atoms with Crippen LogP contribution in [0.4, 0.5) is 0 Å². The highest BCUT2D eigenvalue weighted by Crippen LogP contribution is 2.26. The molecule has 0 saturated carbocycles. The molecule has 80 valence electrons. The van der Waals surface area contributed by atoms with Gasteiger partial charge in [0.1, 0.15) is 0 Å². The summed E-state index contributed by atoms with van der Waals surface area (Å²) in [6.45, 7) is 10.8. The average molecular weight is 192 g/mol. The normalized spacial score (nSPS) is 11.9. The van der Waals surface area contributed by atoms with E-state index in [1.807, 2.05) is 13.8 Å². The van der Waals surface area contributed by atoms with Gasteiger partial charge in [0.2, 0.25) is 0 Å². The molecule has 0 fully saturated rings. The Labute approximate surface area is 89.4 Å². The Morgan fingerprint density at radius 3 is 1.86 bits per heavy atom. The van der Waals surface area contributed by atoms with E-state index in [4.69, 9.17) is 0 Å². The van der Waals surface area contributed by atoms with Crippen molar-refractivity contribution in [1.29, 1.82) is 0 Å². The van der Waals surface area contributed by atoms with Crippen molar-refractivity contribution in [3.63, 3.8) is 0 Å². The molecule has 0 aliphatic carbocycles. The van der Waals surface area contributed by atoms with Crippen molar-refractivity contribution in [1.82, 2.24) is 0 Å². The first-order valence-corrected chi connectivity index (χ1v) is 5.80. The van der Waals surface area contributed by atoms with E-state index in [1.54, 1.807) is 0 Å². The minimum atomic E-state index is 0.728. The molecular weight excluding hydrogens is 168 g/mol. The highest BCUT2D eigenvalue weighted by atomic mass is 14.2. The van der Waals surface area contributed by atoms with Crippen LogP contribution >= 0.6 is 0 Å². The van der Waals surface area contributed by atoms with E-state index < -0.39 is 0 Å². The first-order valence-electron chi connectivity index (χ1n) is 5.80. The van der Waals surface area contributed by atoms with Gasteiger partial charge in [-0.3, -0.25) is 0 Å². The summed E-state index contributed by atoms with van der Waals surface area (Å²) in [5, 5.41) is 0. The predicted octanol–water partition coefficient (Wildman–Crippen LogP) is 4.86. The molecule has 0 N–H and O–H groups in total. The van der Waals surface area contributed by atoms with Crippen molar-refractivity contribution in [2.24, 2.45) is 5.92 Å². The van der Waals surface area contributed by atoms with E-state index >= 15 is 0 Å². The zero-order valence-corrected chi connectivity index (χ0v) is 10.2. The molecule has 0 nitrogen and oxygen atoms in total. The van der Waals surface area contributed by atoms with Gasteiger partial charge in [0.05, 0.1) is 0 Å². The number of hydrogen-bond acceptors (Lipinski definition) is 0. The maximum absolute atomic E-state index is 2.29. The minimum absolute atomic E-state index is 0.728. The maximum Gasteiger partial charge on any atom is -0.0141 e. The molecule has 1 aromatic carbocycles. The molecule has 0 saturated heterocycles. The zero-order valence-electron chi connectivity index (χ0n) is 10.2. The van der Waals surface area contributed by atoms with Gasteiger partial charge >= 0.3 is 0 Å². The van der Waals surface area contributed by atoms with Crippen LogP contribution in [-0.2, 0) is 0 Å². The SMILES string of the molecule is CC.CCC(c1ccccc1)C(C)C. The summed E-state index contributed by atoms with van der Waals surface area (Å²) in [4.78, 5) is 0. The van der Waals surface area contributed by atoms with Crippen LogP contribution < -0.4 is 0 Å². The molecule has 0 amide bonds. The highest BCUT2D eigenvalue weighted by molar-refractivity contribution is 5.19. The van der Waals surface area contributed by atoms with Crippen LogP contribution in [-0.4, -0.2) is 0 Å². The lowest BCUT2D eigenvalue weighted by Crippen LogP contribution is -2.04. The van der Waals surface area contributed by atoms with E-state index in [1.165, 1.54) is 12.0 Å². The second-order valence-corrected chi connectivity index (χ2v) is 3.67. The zero-order chi connectivity index (χ0) is 11.0. The standard InChI is InChI=1S/C12H18.C2H6/c1-4-12(10(2)3)11-8-6-5-7-9-11;1-2/h5-10,12H,4H2,1-3H3;1-2H3. The van der Waals surface area contributed by atoms with Crippen LogP contribution in [0.3, 0.4) is 0 Å². The van der Waals surface area contributed by atoms with E-state index in [-0.39, 0.29) is 0 Å². The van der Waals surface area contributed by atoms with Crippen molar-refractivity contribution >= 4 is 0 Å². The van der Waals surface area contributed by atoms with Crippen molar-refractivity contribution in [3.8, 4) is 0 Å². The lowest BCUT2D eigenvalue weighted by atomic mass is 9.86. The van der Waals surface area contributed by atoms with Crippen LogP contribution in [0.2, 0.25) is 0 Å². The van der Waals surface area contributed by atoms with Crippen molar-refractivity contribution in [2.45, 2.75) is 47.0 Å². The number of rotatable bonds is 3. The van der Waals surface area contributed by atoms with E-state index in [9.17, 15) is 0 Å². The van der Waals surface area contributed by atoms with Gasteiger partial charge in [0.25, 0.3) is 0 Å². The molecule has 0 heteroatoms. The Bertz CT molecular complexity index is 211. The molecule has 14 heavy (non-hydrogen) atoms. The summed E-state index contributed by atoms with van der Waals surface area (Å²) in [6.07, 6.45) is 1.24. The Hall–Kier alpha value is -0.780. The molecule has 0 aromatic heterocycles. The first-order chi connectivity index (χ1) is 6.75. The van der Waals surface area contributed by atoms with Crippen molar-refractivity contribution in [3.05, 3.63) is 35.9 Å². The molecule has 0 bridgehead atoms. The third-order valence-corrected chi connectivity index (χ3v) is 2.47. The lowest BCUT2D eigenvalue weighted by Gasteiger charge is -2.18. The Balaban J connectivity index is 0.000000791. The van der Waals surface area contributed by atoms with Crippen LogP contribution in [0.1, 0.15) is 52.5 Å². The fraction of sp³-hybridized carbons (Fsp3) is 0.571. The fourth-order valence-electron chi connectivity index (χ4n) is 1.79. The summed E-state index contributed by atoms with van der Waals surface area (Å²) in [5.74, 6) is 1.48. The molecule has 1 atom stereocenters. The monoisotopic (exact) mass is 192 g/mol. The van der Waals surface area contributed by atoms with E-state index in [2.05, 4.69) is 51.1 Å². The van der Waals surface area contributed by atoms with Gasteiger partial charge in [0, 0.05) is 0 Å². The molecule has 1 unspecified atom stereocenters. The molecular formula is C14H24. The molecule has 0 radical (unpaired) electrons. The van der Waals surface area contributed by atoms with Gasteiger partial charge in [-0.2, -0.15) is 0 Å². The highest BCUT2D eigenvalue weighted by Gasteiger charge is 2.11. The Morgan fingerprint density at radius 2 is 1.50 bits per heavy atom. The minimum Gasteiger partial charge on any atom is -0.0683 e.